The van der Waals surface area contributed by atoms with Gasteiger partial charge in [0.1, 0.15) is 5.41 Å². The van der Waals surface area contributed by atoms with Crippen LogP contribution in [0.2, 0.25) is 0 Å². The zero-order valence-electron chi connectivity index (χ0n) is 14.1. The number of benzene rings is 1. The van der Waals surface area contributed by atoms with Gasteiger partial charge >= 0.3 is 5.97 Å². The quantitative estimate of drug-likeness (QED) is 0.771. The second kappa shape index (κ2) is 7.57. The van der Waals surface area contributed by atoms with Gasteiger partial charge in [0.05, 0.1) is 6.61 Å². The standard InChI is InChI=1S/C18H23NO5/c1-13-3-5-14(6-4-13)15(20)7-8-16(21)19-10-9-18(11-19,12-24-2)17(22)23/h3-6H,7-12H2,1-2H3,(H,22,23). The van der Waals surface area contributed by atoms with E-state index in [1.54, 1.807) is 12.1 Å². The molecule has 0 radical (unpaired) electrons. The summed E-state index contributed by atoms with van der Waals surface area (Å²) in [6.07, 6.45) is 0.589. The van der Waals surface area contributed by atoms with Gasteiger partial charge in [0.25, 0.3) is 0 Å². The normalized spacial score (nSPS) is 20.2. The van der Waals surface area contributed by atoms with Gasteiger partial charge in [-0.1, -0.05) is 29.8 Å². The highest BCUT2D eigenvalue weighted by atomic mass is 16.5. The number of Topliss-reactive ketones (excluding diaryl/α,β-unsaturated/α-hetero) is 1. The molecule has 1 saturated heterocycles. The first-order valence-electron chi connectivity index (χ1n) is 7.98. The fraction of sp³-hybridized carbons (Fsp3) is 0.500. The Balaban J connectivity index is 1.90. The number of ether oxygens (including phenoxy) is 1. The summed E-state index contributed by atoms with van der Waals surface area (Å²) in [7, 11) is 1.45. The van der Waals surface area contributed by atoms with Gasteiger partial charge in [0, 0.05) is 38.6 Å². The second-order valence-corrected chi connectivity index (χ2v) is 6.37. The van der Waals surface area contributed by atoms with E-state index in [1.165, 1.54) is 12.0 Å². The fourth-order valence-electron chi connectivity index (χ4n) is 2.98. The minimum absolute atomic E-state index is 0.0778. The number of methoxy groups -OCH3 is 1. The first-order valence-corrected chi connectivity index (χ1v) is 7.98. The molecule has 24 heavy (non-hydrogen) atoms. The average molecular weight is 333 g/mol. The minimum atomic E-state index is -1.04. The van der Waals surface area contributed by atoms with Gasteiger partial charge in [-0.3, -0.25) is 14.4 Å². The summed E-state index contributed by atoms with van der Waals surface area (Å²) >= 11 is 0. The third kappa shape index (κ3) is 4.00. The molecule has 1 aliphatic rings. The van der Waals surface area contributed by atoms with Crippen LogP contribution in [0.25, 0.3) is 0 Å². The summed E-state index contributed by atoms with van der Waals surface area (Å²) in [5, 5.41) is 9.41. The zero-order chi connectivity index (χ0) is 17.7. The second-order valence-electron chi connectivity index (χ2n) is 6.37. The molecule has 1 N–H and O–H groups in total. The molecule has 1 fully saturated rings. The lowest BCUT2D eigenvalue weighted by Crippen LogP contribution is -2.40. The van der Waals surface area contributed by atoms with Crippen molar-refractivity contribution >= 4 is 17.7 Å². The summed E-state index contributed by atoms with van der Waals surface area (Å²) in [4.78, 5) is 37.4. The molecular formula is C18H23NO5. The highest BCUT2D eigenvalue weighted by molar-refractivity contribution is 5.98. The number of hydrogen-bond acceptors (Lipinski definition) is 4. The molecule has 1 aliphatic heterocycles. The van der Waals surface area contributed by atoms with Crippen LogP contribution in [-0.2, 0) is 14.3 Å². The molecule has 1 unspecified atom stereocenters. The first-order chi connectivity index (χ1) is 11.4. The van der Waals surface area contributed by atoms with E-state index in [-0.39, 0.29) is 37.7 Å². The number of aliphatic carboxylic acids is 1. The van der Waals surface area contributed by atoms with E-state index in [0.29, 0.717) is 18.5 Å². The van der Waals surface area contributed by atoms with E-state index in [0.717, 1.165) is 5.56 Å². The van der Waals surface area contributed by atoms with Crippen LogP contribution in [0, 0.1) is 12.3 Å². The molecule has 0 spiro atoms. The van der Waals surface area contributed by atoms with Crippen molar-refractivity contribution in [2.24, 2.45) is 5.41 Å². The van der Waals surface area contributed by atoms with E-state index >= 15 is 0 Å². The first kappa shape index (κ1) is 18.1. The maximum absolute atomic E-state index is 12.3. The largest absolute Gasteiger partial charge is 0.481 e. The molecule has 1 amide bonds. The maximum atomic E-state index is 12.3. The fourth-order valence-corrected chi connectivity index (χ4v) is 2.98. The van der Waals surface area contributed by atoms with E-state index in [4.69, 9.17) is 4.74 Å². The third-order valence-corrected chi connectivity index (χ3v) is 4.52. The molecule has 1 aromatic carbocycles. The number of amides is 1. The van der Waals surface area contributed by atoms with Gasteiger partial charge in [-0.15, -0.1) is 0 Å². The third-order valence-electron chi connectivity index (χ3n) is 4.52. The summed E-state index contributed by atoms with van der Waals surface area (Å²) in [5.41, 5.74) is 0.627. The number of nitrogens with zero attached hydrogens (tertiary/aromatic N) is 1. The Hall–Kier alpha value is -2.21. The van der Waals surface area contributed by atoms with E-state index < -0.39 is 11.4 Å². The van der Waals surface area contributed by atoms with E-state index in [9.17, 15) is 19.5 Å². The Kier molecular flexibility index (Phi) is 5.72. The Morgan fingerprint density at radius 1 is 1.21 bits per heavy atom. The van der Waals surface area contributed by atoms with Crippen molar-refractivity contribution in [3.8, 4) is 0 Å². The van der Waals surface area contributed by atoms with Gasteiger partial charge in [-0.25, -0.2) is 0 Å². The molecule has 0 bridgehead atoms. The number of carbonyl (C=O) groups is 3. The summed E-state index contributed by atoms with van der Waals surface area (Å²) in [6, 6.07) is 7.24. The summed E-state index contributed by atoms with van der Waals surface area (Å²) in [6.45, 7) is 2.54. The lowest BCUT2D eigenvalue weighted by molar-refractivity contribution is -0.151. The molecule has 1 aromatic rings. The van der Waals surface area contributed by atoms with Crippen molar-refractivity contribution < 1.29 is 24.2 Å². The van der Waals surface area contributed by atoms with Gasteiger partial charge < -0.3 is 14.7 Å². The summed E-state index contributed by atoms with van der Waals surface area (Å²) < 4.78 is 5.01. The van der Waals surface area contributed by atoms with Crippen LogP contribution in [0.15, 0.2) is 24.3 Å². The molecule has 1 heterocycles. The van der Waals surface area contributed by atoms with Crippen molar-refractivity contribution in [1.82, 2.24) is 4.90 Å². The van der Waals surface area contributed by atoms with Crippen molar-refractivity contribution in [3.63, 3.8) is 0 Å². The average Bonchev–Trinajstić information content (AvgIpc) is 2.99. The number of hydrogen-bond donors (Lipinski definition) is 1. The Morgan fingerprint density at radius 2 is 1.88 bits per heavy atom. The number of aryl methyl sites for hydroxylation is 1. The predicted molar refractivity (Wildman–Crippen MR) is 87.9 cm³/mol. The molecule has 0 saturated carbocycles. The van der Waals surface area contributed by atoms with Gasteiger partial charge in [0.2, 0.25) is 5.91 Å². The molecule has 130 valence electrons. The van der Waals surface area contributed by atoms with E-state index in [1.807, 2.05) is 19.1 Å². The van der Waals surface area contributed by atoms with Crippen LogP contribution < -0.4 is 0 Å². The van der Waals surface area contributed by atoms with Crippen LogP contribution in [0.4, 0.5) is 0 Å². The summed E-state index contributed by atoms with van der Waals surface area (Å²) in [5.74, 6) is -1.21. The van der Waals surface area contributed by atoms with E-state index in [2.05, 4.69) is 0 Å². The zero-order valence-corrected chi connectivity index (χ0v) is 14.1. The molecule has 0 aromatic heterocycles. The lowest BCUT2D eigenvalue weighted by Gasteiger charge is -2.23. The SMILES string of the molecule is COCC1(C(=O)O)CCN(C(=O)CCC(=O)c2ccc(C)cc2)C1. The number of likely N-dealkylation sites (tertiary alicyclic amines) is 1. The van der Waals surface area contributed by atoms with Gasteiger partial charge in [-0.05, 0) is 13.3 Å². The minimum Gasteiger partial charge on any atom is -0.481 e. The van der Waals surface area contributed by atoms with Crippen LogP contribution >= 0.6 is 0 Å². The van der Waals surface area contributed by atoms with Gasteiger partial charge in [-0.2, -0.15) is 0 Å². The molecule has 2 rings (SSSR count). The smallest absolute Gasteiger partial charge is 0.313 e. The molecular weight excluding hydrogens is 310 g/mol. The Bertz CT molecular complexity index is 625. The van der Waals surface area contributed by atoms with Crippen LogP contribution in [0.1, 0.15) is 35.2 Å². The topological polar surface area (TPSA) is 83.9 Å². The lowest BCUT2D eigenvalue weighted by atomic mass is 9.88. The number of ketones is 1. The number of carbonyl (C=O) groups excluding carboxylic acids is 2. The monoisotopic (exact) mass is 333 g/mol. The molecule has 0 aliphatic carbocycles. The van der Waals surface area contributed by atoms with Crippen LogP contribution in [0.5, 0.6) is 0 Å². The Labute approximate surface area is 141 Å². The Morgan fingerprint density at radius 3 is 2.46 bits per heavy atom. The maximum Gasteiger partial charge on any atom is 0.313 e. The van der Waals surface area contributed by atoms with Gasteiger partial charge in [0.15, 0.2) is 5.78 Å². The van der Waals surface area contributed by atoms with Crippen molar-refractivity contribution in [2.45, 2.75) is 26.2 Å². The van der Waals surface area contributed by atoms with Crippen molar-refractivity contribution in [1.29, 1.82) is 0 Å². The van der Waals surface area contributed by atoms with Crippen LogP contribution in [-0.4, -0.2) is 54.5 Å². The predicted octanol–water partition coefficient (Wildman–Crippen LogP) is 1.91. The van der Waals surface area contributed by atoms with Crippen molar-refractivity contribution in [3.05, 3.63) is 35.4 Å². The molecule has 6 heteroatoms. The highest BCUT2D eigenvalue weighted by Crippen LogP contribution is 2.31. The number of carboxylic acids is 1. The molecule has 6 nitrogen and oxygen atoms in total. The highest BCUT2D eigenvalue weighted by Gasteiger charge is 2.46. The van der Waals surface area contributed by atoms with Crippen molar-refractivity contribution in [2.75, 3.05) is 26.8 Å². The number of carboxylic acid groups (broad SMARTS) is 1. The van der Waals surface area contributed by atoms with Crippen LogP contribution in [0.3, 0.4) is 0 Å². The molecule has 1 atom stereocenters. The number of rotatable bonds is 7.